The van der Waals surface area contributed by atoms with E-state index in [0.717, 1.165) is 30.1 Å². The zero-order chi connectivity index (χ0) is 24.1. The highest BCUT2D eigenvalue weighted by molar-refractivity contribution is 5.82. The summed E-state index contributed by atoms with van der Waals surface area (Å²) in [5.74, 6) is 1.34. The Hall–Kier alpha value is -3.91. The second-order valence-electron chi connectivity index (χ2n) is 8.17. The molecule has 0 aliphatic carbocycles. The van der Waals surface area contributed by atoms with Crippen LogP contribution in [-0.2, 0) is 6.42 Å². The summed E-state index contributed by atoms with van der Waals surface area (Å²) in [6.45, 7) is 3.63. The molecule has 0 radical (unpaired) electrons. The van der Waals surface area contributed by atoms with Crippen LogP contribution >= 0.6 is 0 Å². The molecule has 176 valence electrons. The number of likely N-dealkylation sites (N-methyl/N-ethyl adjacent to an activating group) is 1. The van der Waals surface area contributed by atoms with Crippen molar-refractivity contribution in [3.8, 4) is 23.4 Å². The molecule has 0 fully saturated rings. The summed E-state index contributed by atoms with van der Waals surface area (Å²) in [5.41, 5.74) is 3.72. The molecule has 0 saturated heterocycles. The summed E-state index contributed by atoms with van der Waals surface area (Å²) in [7, 11) is 6.08. The molecule has 0 saturated carbocycles. The minimum Gasteiger partial charge on any atom is -0.493 e. The van der Waals surface area contributed by atoms with Crippen LogP contribution in [0.2, 0.25) is 0 Å². The van der Waals surface area contributed by atoms with Crippen molar-refractivity contribution in [2.75, 3.05) is 39.2 Å². The second kappa shape index (κ2) is 10.4. The molecule has 34 heavy (non-hydrogen) atoms. The average Bonchev–Trinajstić information content (AvgIpc) is 2.84. The van der Waals surface area contributed by atoms with Gasteiger partial charge in [-0.3, -0.25) is 4.98 Å². The maximum absolute atomic E-state index is 10.1. The summed E-state index contributed by atoms with van der Waals surface area (Å²) in [6, 6.07) is 15.6. The zero-order valence-electron chi connectivity index (χ0n) is 19.9. The van der Waals surface area contributed by atoms with E-state index in [1.165, 1.54) is 5.56 Å². The summed E-state index contributed by atoms with van der Waals surface area (Å²) >= 11 is 0. The number of ether oxygens (including phenoxy) is 2. The van der Waals surface area contributed by atoms with Gasteiger partial charge in [0.25, 0.3) is 0 Å². The van der Waals surface area contributed by atoms with Gasteiger partial charge in [-0.2, -0.15) is 9.97 Å². The van der Waals surface area contributed by atoms with Gasteiger partial charge in [0.05, 0.1) is 17.1 Å². The minimum absolute atomic E-state index is 0.0637. The molecule has 0 atom stereocenters. The van der Waals surface area contributed by atoms with Gasteiger partial charge in [0, 0.05) is 37.2 Å². The van der Waals surface area contributed by atoms with Crippen molar-refractivity contribution in [3.63, 3.8) is 0 Å². The molecule has 0 unspecified atom stereocenters. The summed E-state index contributed by atoms with van der Waals surface area (Å²) in [6.07, 6.45) is 4.05. The fraction of sp³-hybridized carbons (Fsp3) is 0.269. The van der Waals surface area contributed by atoms with Gasteiger partial charge in [0.15, 0.2) is 0 Å². The van der Waals surface area contributed by atoms with E-state index in [-0.39, 0.29) is 11.9 Å². The number of anilines is 2. The number of fused-ring (bicyclic) bond motifs is 1. The molecule has 4 rings (SSSR count). The topological polar surface area (TPSA) is 83.8 Å². The fourth-order valence-corrected chi connectivity index (χ4v) is 3.50. The van der Waals surface area contributed by atoms with E-state index in [2.05, 4.69) is 49.9 Å². The molecular weight excluding hydrogens is 430 g/mol. The molecule has 8 heteroatoms. The predicted molar refractivity (Wildman–Crippen MR) is 133 cm³/mol. The van der Waals surface area contributed by atoms with Crippen molar-refractivity contribution in [2.45, 2.75) is 13.3 Å². The monoisotopic (exact) mass is 459 g/mol. The van der Waals surface area contributed by atoms with Gasteiger partial charge in [-0.1, -0.05) is 13.0 Å². The Balaban J connectivity index is 1.49. The highest BCUT2D eigenvalue weighted by Gasteiger charge is 2.11. The first-order valence-corrected chi connectivity index (χ1v) is 11.2. The molecule has 2 aromatic heterocycles. The number of aryl methyl sites for hydroxylation is 1. The van der Waals surface area contributed by atoms with Crippen LogP contribution in [0.1, 0.15) is 12.5 Å². The van der Waals surface area contributed by atoms with Gasteiger partial charge in [-0.05, 0) is 62.5 Å². The number of aromatic hydroxyl groups is 1. The van der Waals surface area contributed by atoms with E-state index in [1.807, 2.05) is 45.4 Å². The quantitative estimate of drug-likeness (QED) is 0.382. The molecule has 2 heterocycles. The molecule has 0 spiro atoms. The number of hydrogen-bond donors (Lipinski definition) is 1. The lowest BCUT2D eigenvalue weighted by Gasteiger charge is -2.22. The van der Waals surface area contributed by atoms with Crippen molar-refractivity contribution < 1.29 is 14.6 Å². The van der Waals surface area contributed by atoms with Crippen molar-refractivity contribution in [2.24, 2.45) is 0 Å². The normalized spacial score (nSPS) is 11.1. The molecule has 4 aromatic rings. The standard InChI is InChI=1S/C26H29N5O3/c1-5-18-6-7-20(16-24(18)33-15-14-30(2)3)31(4)19-8-10-21(11-9-19)34-26-28-23-17-27-13-12-22(23)25(32)29-26/h6-13,16-17H,5,14-15H2,1-4H3,(H,28,29,32). The fourth-order valence-electron chi connectivity index (χ4n) is 3.50. The first kappa shape index (κ1) is 23.3. The van der Waals surface area contributed by atoms with Crippen molar-refractivity contribution >= 4 is 22.3 Å². The van der Waals surface area contributed by atoms with Crippen molar-refractivity contribution in [1.29, 1.82) is 0 Å². The van der Waals surface area contributed by atoms with Crippen LogP contribution in [0.4, 0.5) is 11.4 Å². The summed E-state index contributed by atoms with van der Waals surface area (Å²) in [4.78, 5) is 16.6. The lowest BCUT2D eigenvalue weighted by Crippen LogP contribution is -2.20. The van der Waals surface area contributed by atoms with Crippen LogP contribution < -0.4 is 14.4 Å². The third-order valence-electron chi connectivity index (χ3n) is 5.51. The van der Waals surface area contributed by atoms with Crippen LogP contribution in [0.25, 0.3) is 10.9 Å². The van der Waals surface area contributed by atoms with Gasteiger partial charge in [-0.15, -0.1) is 0 Å². The molecule has 0 amide bonds. The minimum atomic E-state index is -0.141. The van der Waals surface area contributed by atoms with Crippen LogP contribution in [0, 0.1) is 0 Å². The number of hydrogen-bond acceptors (Lipinski definition) is 8. The maximum Gasteiger partial charge on any atom is 0.325 e. The molecule has 2 aromatic carbocycles. The first-order chi connectivity index (χ1) is 16.4. The Morgan fingerprint density at radius 1 is 0.941 bits per heavy atom. The smallest absolute Gasteiger partial charge is 0.325 e. The Kier molecular flexibility index (Phi) is 7.08. The largest absolute Gasteiger partial charge is 0.493 e. The van der Waals surface area contributed by atoms with Crippen LogP contribution in [0.3, 0.4) is 0 Å². The van der Waals surface area contributed by atoms with E-state index in [4.69, 9.17) is 9.47 Å². The number of aromatic nitrogens is 3. The number of nitrogens with zero attached hydrogens (tertiary/aromatic N) is 5. The average molecular weight is 460 g/mol. The maximum atomic E-state index is 10.1. The zero-order valence-corrected chi connectivity index (χ0v) is 19.9. The van der Waals surface area contributed by atoms with Gasteiger partial charge in [0.2, 0.25) is 5.88 Å². The lowest BCUT2D eigenvalue weighted by molar-refractivity contribution is 0.259. The van der Waals surface area contributed by atoms with Crippen LogP contribution in [0.5, 0.6) is 23.4 Å². The van der Waals surface area contributed by atoms with E-state index in [0.29, 0.717) is 23.3 Å². The van der Waals surface area contributed by atoms with Crippen molar-refractivity contribution in [3.05, 3.63) is 66.5 Å². The van der Waals surface area contributed by atoms with E-state index in [9.17, 15) is 5.11 Å². The van der Waals surface area contributed by atoms with E-state index < -0.39 is 0 Å². The van der Waals surface area contributed by atoms with Gasteiger partial charge >= 0.3 is 6.01 Å². The van der Waals surface area contributed by atoms with Crippen LogP contribution in [-0.4, -0.2) is 59.3 Å². The number of benzene rings is 2. The Morgan fingerprint density at radius 3 is 2.44 bits per heavy atom. The van der Waals surface area contributed by atoms with Crippen LogP contribution in [0.15, 0.2) is 60.9 Å². The molecule has 8 nitrogen and oxygen atoms in total. The van der Waals surface area contributed by atoms with E-state index >= 15 is 0 Å². The SMILES string of the molecule is CCc1ccc(N(C)c2ccc(Oc3nc(O)c4ccncc4n3)cc2)cc1OCCN(C)C. The summed E-state index contributed by atoms with van der Waals surface area (Å²) in [5, 5.41) is 10.7. The Morgan fingerprint density at radius 2 is 1.71 bits per heavy atom. The molecule has 0 bridgehead atoms. The summed E-state index contributed by atoms with van der Waals surface area (Å²) < 4.78 is 11.8. The molecule has 0 aliphatic rings. The third kappa shape index (κ3) is 5.35. The predicted octanol–water partition coefficient (Wildman–Crippen LogP) is 4.79. The molecule has 0 aliphatic heterocycles. The third-order valence-corrected chi connectivity index (χ3v) is 5.51. The Bertz CT molecular complexity index is 1260. The molecule has 1 N–H and O–H groups in total. The van der Waals surface area contributed by atoms with Gasteiger partial charge in [0.1, 0.15) is 18.1 Å². The van der Waals surface area contributed by atoms with Gasteiger partial charge < -0.3 is 24.4 Å². The second-order valence-corrected chi connectivity index (χ2v) is 8.17. The highest BCUT2D eigenvalue weighted by atomic mass is 16.5. The van der Waals surface area contributed by atoms with Gasteiger partial charge in [-0.25, -0.2) is 0 Å². The highest BCUT2D eigenvalue weighted by Crippen LogP contribution is 2.32. The number of pyridine rings is 1. The van der Waals surface area contributed by atoms with Crippen molar-refractivity contribution in [1.82, 2.24) is 19.9 Å². The first-order valence-electron chi connectivity index (χ1n) is 11.2. The lowest BCUT2D eigenvalue weighted by atomic mass is 10.1. The number of rotatable bonds is 9. The van der Waals surface area contributed by atoms with E-state index in [1.54, 1.807) is 18.5 Å². The molecular formula is C26H29N5O3. The Labute approximate surface area is 199 Å².